The SMILES string of the molecule is Nc1ncnc2c1ncn2C1OC(CO[P+](=O)O[P+](=O)O)C(O)C1O.O=C(CO)C(O)C(O)CO. The molecular formula is C15H23N5O13P2+2. The van der Waals surface area contributed by atoms with Crippen LogP contribution in [-0.4, -0.2) is 111 Å². The first-order valence-corrected chi connectivity index (χ1v) is 11.7. The minimum atomic E-state index is -3.09. The molecule has 20 heteroatoms. The van der Waals surface area contributed by atoms with Gasteiger partial charge in [0.15, 0.2) is 27.8 Å². The number of nitrogens with zero attached hydrogens (tertiary/aromatic N) is 4. The Bertz CT molecular complexity index is 1040. The molecule has 8 unspecified atom stereocenters. The Kier molecular flexibility index (Phi) is 11.0. The molecular weight excluding hydrogens is 520 g/mol. The van der Waals surface area contributed by atoms with E-state index in [-0.39, 0.29) is 11.5 Å². The number of nitrogen functional groups attached to an aromatic ring is 1. The minimum Gasteiger partial charge on any atom is -0.394 e. The molecule has 3 heterocycles. The number of anilines is 1. The van der Waals surface area contributed by atoms with E-state index < -0.39 is 78.9 Å². The Labute approximate surface area is 197 Å². The number of nitrogens with two attached hydrogens (primary N) is 1. The number of ketones is 1. The van der Waals surface area contributed by atoms with Crippen LogP contribution in [-0.2, 0) is 27.5 Å². The fourth-order valence-corrected chi connectivity index (χ4v) is 3.69. The highest BCUT2D eigenvalue weighted by atomic mass is 31.2. The summed E-state index contributed by atoms with van der Waals surface area (Å²) in [6.07, 6.45) is -5.53. The third-order valence-corrected chi connectivity index (χ3v) is 5.97. The van der Waals surface area contributed by atoms with Gasteiger partial charge in [0.05, 0.1) is 12.9 Å². The third kappa shape index (κ3) is 7.40. The van der Waals surface area contributed by atoms with Crippen LogP contribution in [0.3, 0.4) is 0 Å². The summed E-state index contributed by atoms with van der Waals surface area (Å²) in [7, 11) is -5.97. The highest BCUT2D eigenvalue weighted by molar-refractivity contribution is 7.47. The van der Waals surface area contributed by atoms with Crippen molar-refractivity contribution < 1.29 is 63.0 Å². The van der Waals surface area contributed by atoms with Crippen molar-refractivity contribution in [2.75, 3.05) is 25.6 Å². The highest BCUT2D eigenvalue weighted by Gasteiger charge is 2.47. The second kappa shape index (κ2) is 13.2. The van der Waals surface area contributed by atoms with Crippen molar-refractivity contribution in [2.45, 2.75) is 36.7 Å². The molecule has 1 saturated heterocycles. The normalized spacial score (nSPS) is 24.4. The number of aromatic nitrogens is 4. The van der Waals surface area contributed by atoms with Crippen LogP contribution in [0, 0.1) is 0 Å². The van der Waals surface area contributed by atoms with Gasteiger partial charge in [-0.1, -0.05) is 0 Å². The van der Waals surface area contributed by atoms with Crippen LogP contribution in [0.5, 0.6) is 0 Å². The zero-order valence-electron chi connectivity index (χ0n) is 17.6. The van der Waals surface area contributed by atoms with Gasteiger partial charge < -0.3 is 41.1 Å². The van der Waals surface area contributed by atoms with Gasteiger partial charge in [-0.05, 0) is 0 Å². The van der Waals surface area contributed by atoms with Crippen molar-refractivity contribution in [3.8, 4) is 0 Å². The zero-order valence-corrected chi connectivity index (χ0v) is 19.4. The molecule has 0 amide bonds. The lowest BCUT2D eigenvalue weighted by Gasteiger charge is -2.16. The van der Waals surface area contributed by atoms with E-state index in [1.54, 1.807) is 0 Å². The van der Waals surface area contributed by atoms with E-state index in [2.05, 4.69) is 19.3 Å². The molecule has 0 saturated carbocycles. The van der Waals surface area contributed by atoms with Crippen LogP contribution >= 0.6 is 16.5 Å². The van der Waals surface area contributed by atoms with Crippen LogP contribution in [0.4, 0.5) is 5.82 Å². The maximum absolute atomic E-state index is 11.2. The molecule has 2 aromatic heterocycles. The summed E-state index contributed by atoms with van der Waals surface area (Å²) in [6, 6.07) is 0. The third-order valence-electron chi connectivity index (χ3n) is 4.52. The number of Topliss-reactive ketones (excluding diaryl/α,β-unsaturated/α-hetero) is 1. The highest BCUT2D eigenvalue weighted by Crippen LogP contribution is 2.38. The quantitative estimate of drug-likeness (QED) is 0.136. The topological polar surface area (TPSA) is 290 Å². The van der Waals surface area contributed by atoms with E-state index in [9.17, 15) is 24.1 Å². The maximum atomic E-state index is 11.2. The lowest BCUT2D eigenvalue weighted by Crippen LogP contribution is -2.37. The summed E-state index contributed by atoms with van der Waals surface area (Å²) in [5.74, 6) is -0.759. The molecule has 1 aliphatic heterocycles. The zero-order chi connectivity index (χ0) is 26.3. The second-order valence-electron chi connectivity index (χ2n) is 6.79. The summed E-state index contributed by atoms with van der Waals surface area (Å²) in [6.45, 7) is -1.98. The maximum Gasteiger partial charge on any atom is 0.747 e. The summed E-state index contributed by atoms with van der Waals surface area (Å²) < 4.78 is 37.3. The van der Waals surface area contributed by atoms with Crippen molar-refractivity contribution in [3.05, 3.63) is 12.7 Å². The number of hydrogen-bond donors (Lipinski definition) is 8. The number of carbonyl (C=O) groups is 1. The fraction of sp³-hybridized carbons (Fsp3) is 0.600. The molecule has 1 aliphatic rings. The lowest BCUT2D eigenvalue weighted by molar-refractivity contribution is -0.137. The Morgan fingerprint density at radius 3 is 2.49 bits per heavy atom. The van der Waals surface area contributed by atoms with Crippen LogP contribution in [0.2, 0.25) is 0 Å². The molecule has 18 nitrogen and oxygen atoms in total. The molecule has 194 valence electrons. The summed E-state index contributed by atoms with van der Waals surface area (Å²) in [4.78, 5) is 30.7. The number of hydrogen-bond acceptors (Lipinski definition) is 16. The Morgan fingerprint density at radius 2 is 1.89 bits per heavy atom. The lowest BCUT2D eigenvalue weighted by atomic mass is 10.1. The number of rotatable bonds is 10. The first-order valence-electron chi connectivity index (χ1n) is 9.51. The van der Waals surface area contributed by atoms with E-state index in [0.717, 1.165) is 0 Å². The average Bonchev–Trinajstić information content (AvgIpc) is 3.38. The summed E-state index contributed by atoms with van der Waals surface area (Å²) in [5, 5.41) is 53.9. The van der Waals surface area contributed by atoms with Gasteiger partial charge in [0.1, 0.15) is 55.6 Å². The molecule has 0 spiro atoms. The minimum absolute atomic E-state index is 0.143. The van der Waals surface area contributed by atoms with Crippen LogP contribution in [0.15, 0.2) is 12.7 Å². The van der Waals surface area contributed by atoms with Crippen molar-refractivity contribution in [3.63, 3.8) is 0 Å². The van der Waals surface area contributed by atoms with Gasteiger partial charge in [-0.25, -0.2) is 15.0 Å². The smallest absolute Gasteiger partial charge is 0.394 e. The van der Waals surface area contributed by atoms with Gasteiger partial charge in [-0.15, -0.1) is 9.42 Å². The number of imidazole rings is 1. The molecule has 0 radical (unpaired) electrons. The van der Waals surface area contributed by atoms with Crippen LogP contribution in [0.25, 0.3) is 11.2 Å². The van der Waals surface area contributed by atoms with E-state index in [0.29, 0.717) is 5.52 Å². The van der Waals surface area contributed by atoms with Crippen molar-refractivity contribution >= 4 is 39.3 Å². The van der Waals surface area contributed by atoms with Gasteiger partial charge in [-0.2, -0.15) is 0 Å². The molecule has 0 aromatic carbocycles. The van der Waals surface area contributed by atoms with Crippen molar-refractivity contribution in [2.24, 2.45) is 0 Å². The van der Waals surface area contributed by atoms with E-state index in [4.69, 9.17) is 40.3 Å². The predicted molar refractivity (Wildman–Crippen MR) is 111 cm³/mol. The Hall–Kier alpha value is -2.18. The number of aliphatic hydroxyl groups excluding tert-OH is 6. The summed E-state index contributed by atoms with van der Waals surface area (Å²) in [5.41, 5.74) is 6.28. The van der Waals surface area contributed by atoms with E-state index in [1.807, 2.05) is 0 Å². The Balaban J connectivity index is 0.000000367. The number of ether oxygens (including phenoxy) is 1. The molecule has 3 rings (SSSR count). The number of carbonyl (C=O) groups excluding carboxylic acids is 1. The first kappa shape index (κ1) is 29.1. The van der Waals surface area contributed by atoms with E-state index in [1.165, 1.54) is 17.2 Å². The van der Waals surface area contributed by atoms with E-state index >= 15 is 0 Å². The fourth-order valence-electron chi connectivity index (χ4n) is 2.78. The first-order chi connectivity index (χ1) is 16.5. The van der Waals surface area contributed by atoms with Gasteiger partial charge in [0, 0.05) is 9.13 Å². The molecule has 0 bridgehead atoms. The number of fused-ring (bicyclic) bond motifs is 1. The van der Waals surface area contributed by atoms with Crippen LogP contribution in [0.1, 0.15) is 6.23 Å². The van der Waals surface area contributed by atoms with Gasteiger partial charge >= 0.3 is 16.5 Å². The standard InChI is InChI=1S/C10H12N5O8P2.C5H10O5/c11-8-5-9(13-2-12-8)15(3-14-5)10-7(17)6(16)4(22-10)1-21-25(20)23-24(18)19;6-1-3(8)5(10)4(9)2-7/h2-4,6-7,10,16-17H,1H2,(H2-,11,12,13,18,19);3,5-8,10H,1-2H2/q+1;/p+1. The van der Waals surface area contributed by atoms with Crippen molar-refractivity contribution in [1.29, 1.82) is 0 Å². The average molecular weight is 543 g/mol. The number of aliphatic hydroxyl groups is 6. The van der Waals surface area contributed by atoms with Gasteiger partial charge in [0.25, 0.3) is 0 Å². The van der Waals surface area contributed by atoms with Gasteiger partial charge in [0.2, 0.25) is 0 Å². The largest absolute Gasteiger partial charge is 0.747 e. The Morgan fingerprint density at radius 1 is 1.20 bits per heavy atom. The molecule has 35 heavy (non-hydrogen) atoms. The molecule has 8 atom stereocenters. The second-order valence-corrected chi connectivity index (χ2v) is 8.62. The molecule has 1 fully saturated rings. The van der Waals surface area contributed by atoms with Crippen LogP contribution < -0.4 is 5.73 Å². The van der Waals surface area contributed by atoms with Gasteiger partial charge in [-0.3, -0.25) is 9.36 Å². The monoisotopic (exact) mass is 543 g/mol. The predicted octanol–water partition coefficient (Wildman–Crippen LogP) is -3.37. The molecule has 9 N–H and O–H groups in total. The molecule has 2 aromatic rings. The van der Waals surface area contributed by atoms with Crippen molar-refractivity contribution in [1.82, 2.24) is 19.5 Å². The molecule has 0 aliphatic carbocycles. The summed E-state index contributed by atoms with van der Waals surface area (Å²) >= 11 is 0.